The Hall–Kier alpha value is -0.653. The van der Waals surface area contributed by atoms with Crippen LogP contribution in [0.3, 0.4) is 0 Å². The number of ether oxygens (including phenoxy) is 1. The summed E-state index contributed by atoms with van der Waals surface area (Å²) in [5, 5.41) is 0.210. The van der Waals surface area contributed by atoms with E-state index in [1.165, 1.54) is 7.11 Å². The highest BCUT2D eigenvalue weighted by molar-refractivity contribution is 6.74. The first-order chi connectivity index (χ1) is 9.08. The van der Waals surface area contributed by atoms with Gasteiger partial charge in [-0.25, -0.2) is 4.79 Å². The number of carbonyl (C=O) groups excluding carboxylic acids is 1. The average Bonchev–Trinajstić information content (AvgIpc) is 2.35. The molecule has 1 aliphatic rings. The number of hydrogen-bond acceptors (Lipinski definition) is 4. The molecule has 0 saturated carbocycles. The first-order valence-corrected chi connectivity index (χ1v) is 10.1. The van der Waals surface area contributed by atoms with Crippen molar-refractivity contribution in [1.29, 1.82) is 0 Å². The molecule has 0 radical (unpaired) electrons. The first kappa shape index (κ1) is 17.4. The lowest BCUT2D eigenvalue weighted by Crippen LogP contribution is -2.47. The van der Waals surface area contributed by atoms with Crippen LogP contribution < -0.4 is 0 Å². The molecule has 1 aliphatic heterocycles. The largest absolute Gasteiger partial charge is 0.466 e. The van der Waals surface area contributed by atoms with Gasteiger partial charge in [0.2, 0.25) is 0 Å². The summed E-state index contributed by atoms with van der Waals surface area (Å²) in [6.45, 7) is 12.7. The smallest absolute Gasteiger partial charge is 0.333 e. The van der Waals surface area contributed by atoms with Gasteiger partial charge < -0.3 is 9.16 Å². The van der Waals surface area contributed by atoms with Crippen molar-refractivity contribution < 1.29 is 14.0 Å². The van der Waals surface area contributed by atoms with Crippen molar-refractivity contribution in [3.8, 4) is 0 Å². The quantitative estimate of drug-likeness (QED) is 0.591. The molecule has 0 unspecified atom stereocenters. The normalized spacial score (nSPS) is 21.6. The van der Waals surface area contributed by atoms with E-state index >= 15 is 0 Å². The summed E-state index contributed by atoms with van der Waals surface area (Å²) in [6.07, 6.45) is 2.66. The van der Waals surface area contributed by atoms with Gasteiger partial charge in [-0.1, -0.05) is 26.8 Å². The molecule has 0 amide bonds. The van der Waals surface area contributed by atoms with Gasteiger partial charge in [0.15, 0.2) is 8.32 Å². The van der Waals surface area contributed by atoms with Gasteiger partial charge in [-0.15, -0.1) is 0 Å². The maximum atomic E-state index is 11.6. The maximum Gasteiger partial charge on any atom is 0.333 e. The van der Waals surface area contributed by atoms with Crippen LogP contribution in [-0.4, -0.2) is 52.5 Å². The molecule has 20 heavy (non-hydrogen) atoms. The molecule has 0 aliphatic carbocycles. The predicted molar refractivity (Wildman–Crippen MR) is 84.3 cm³/mol. The van der Waals surface area contributed by atoms with Crippen molar-refractivity contribution in [3.63, 3.8) is 0 Å². The third kappa shape index (κ3) is 4.17. The minimum absolute atomic E-state index is 0.210. The van der Waals surface area contributed by atoms with Crippen LogP contribution in [0, 0.1) is 0 Å². The fourth-order valence-electron chi connectivity index (χ4n) is 1.90. The van der Waals surface area contributed by atoms with Crippen LogP contribution in [0.4, 0.5) is 0 Å². The van der Waals surface area contributed by atoms with E-state index in [9.17, 15) is 4.79 Å². The van der Waals surface area contributed by atoms with Crippen LogP contribution in [0.5, 0.6) is 0 Å². The van der Waals surface area contributed by atoms with Crippen LogP contribution >= 0.6 is 0 Å². The highest BCUT2D eigenvalue weighted by Crippen LogP contribution is 2.37. The molecular weight excluding hydrogens is 270 g/mol. The van der Waals surface area contributed by atoms with Gasteiger partial charge in [0.1, 0.15) is 0 Å². The second kappa shape index (κ2) is 6.41. The molecular formula is C15H29NO3Si. The van der Waals surface area contributed by atoms with Gasteiger partial charge >= 0.3 is 5.97 Å². The summed E-state index contributed by atoms with van der Waals surface area (Å²) in [5.74, 6) is -0.213. The van der Waals surface area contributed by atoms with Crippen molar-refractivity contribution in [2.24, 2.45) is 0 Å². The Balaban J connectivity index is 2.65. The Kier molecular flexibility index (Phi) is 5.58. The lowest BCUT2D eigenvalue weighted by molar-refractivity contribution is -0.136. The summed E-state index contributed by atoms with van der Waals surface area (Å²) < 4.78 is 11.1. The number of carbonyl (C=O) groups is 1. The summed E-state index contributed by atoms with van der Waals surface area (Å²) in [4.78, 5) is 13.9. The zero-order valence-corrected chi connectivity index (χ0v) is 14.9. The van der Waals surface area contributed by atoms with E-state index in [0.29, 0.717) is 13.0 Å². The number of methoxy groups -OCH3 is 1. The van der Waals surface area contributed by atoms with Crippen LogP contribution in [0.2, 0.25) is 18.1 Å². The Bertz CT molecular complexity index is 385. The van der Waals surface area contributed by atoms with Gasteiger partial charge in [-0.3, -0.25) is 4.90 Å². The highest BCUT2D eigenvalue weighted by Gasteiger charge is 2.38. The summed E-state index contributed by atoms with van der Waals surface area (Å²) in [6, 6.07) is 0.253. The fraction of sp³-hybridized carbons (Fsp3) is 0.800. The standard InChI is InChI=1S/C15H29NO3Si/c1-15(2,3)20(6,7)19-11-13-10-12(14(17)18-5)8-9-16(13)4/h8,13H,9-11H2,1-7H3/t13-/m1/s1. The molecule has 0 saturated heterocycles. The molecule has 5 heteroatoms. The van der Waals surface area contributed by atoms with Gasteiger partial charge in [0.25, 0.3) is 0 Å². The third-order valence-electron chi connectivity index (χ3n) is 4.59. The molecule has 0 aromatic heterocycles. The summed E-state index contributed by atoms with van der Waals surface area (Å²) in [5.41, 5.74) is 0.773. The van der Waals surface area contributed by atoms with E-state index in [0.717, 1.165) is 12.1 Å². The number of rotatable bonds is 4. The van der Waals surface area contributed by atoms with E-state index in [1.807, 2.05) is 6.08 Å². The van der Waals surface area contributed by atoms with Crippen LogP contribution in [0.25, 0.3) is 0 Å². The van der Waals surface area contributed by atoms with Crippen LogP contribution in [-0.2, 0) is 14.0 Å². The van der Waals surface area contributed by atoms with E-state index in [1.54, 1.807) is 0 Å². The van der Waals surface area contributed by atoms with Crippen LogP contribution in [0.15, 0.2) is 11.6 Å². The monoisotopic (exact) mass is 299 g/mol. The fourth-order valence-corrected chi connectivity index (χ4v) is 2.94. The van der Waals surface area contributed by atoms with Gasteiger partial charge in [-0.2, -0.15) is 0 Å². The molecule has 4 nitrogen and oxygen atoms in total. The minimum Gasteiger partial charge on any atom is -0.466 e. The topological polar surface area (TPSA) is 38.8 Å². The number of nitrogens with zero attached hydrogens (tertiary/aromatic N) is 1. The van der Waals surface area contributed by atoms with Crippen molar-refractivity contribution >= 4 is 14.3 Å². The molecule has 116 valence electrons. The molecule has 0 fully saturated rings. The third-order valence-corrected chi connectivity index (χ3v) is 9.10. The van der Waals surface area contributed by atoms with Crippen LogP contribution in [0.1, 0.15) is 27.2 Å². The SMILES string of the molecule is COC(=O)C1=CCN(C)[C@@H](CO[Si](C)(C)C(C)(C)C)C1. The van der Waals surface area contributed by atoms with E-state index in [4.69, 9.17) is 9.16 Å². The maximum absolute atomic E-state index is 11.6. The molecule has 1 rings (SSSR count). The number of hydrogen-bond donors (Lipinski definition) is 0. The summed E-state index contributed by atoms with van der Waals surface area (Å²) >= 11 is 0. The number of esters is 1. The highest BCUT2D eigenvalue weighted by atomic mass is 28.4. The minimum atomic E-state index is -1.74. The Morgan fingerprint density at radius 3 is 2.55 bits per heavy atom. The van der Waals surface area contributed by atoms with E-state index in [2.05, 4.69) is 45.8 Å². The lowest BCUT2D eigenvalue weighted by Gasteiger charge is -2.39. The molecule has 0 aromatic carbocycles. The second-order valence-corrected chi connectivity index (χ2v) is 11.9. The first-order valence-electron chi connectivity index (χ1n) is 7.20. The molecule has 0 bridgehead atoms. The molecule has 1 heterocycles. The van der Waals surface area contributed by atoms with Crippen molar-refractivity contribution in [3.05, 3.63) is 11.6 Å². The zero-order valence-electron chi connectivity index (χ0n) is 13.9. The predicted octanol–water partition coefficient (Wildman–Crippen LogP) is 2.81. The zero-order chi connectivity index (χ0) is 15.6. The van der Waals surface area contributed by atoms with E-state index in [-0.39, 0.29) is 17.0 Å². The number of likely N-dealkylation sites (N-methyl/N-ethyl adjacent to an activating group) is 1. The Morgan fingerprint density at radius 1 is 1.45 bits per heavy atom. The summed E-state index contributed by atoms with van der Waals surface area (Å²) in [7, 11) is 1.77. The van der Waals surface area contributed by atoms with Crippen molar-refractivity contribution in [2.45, 2.75) is 51.4 Å². The Labute approximate surface area is 124 Å². The van der Waals surface area contributed by atoms with Gasteiger partial charge in [-0.05, 0) is 31.6 Å². The second-order valence-electron chi connectivity index (χ2n) is 7.09. The molecule has 0 N–H and O–H groups in total. The van der Waals surface area contributed by atoms with Crippen molar-refractivity contribution in [1.82, 2.24) is 4.90 Å². The average molecular weight is 299 g/mol. The molecule has 1 atom stereocenters. The van der Waals surface area contributed by atoms with E-state index < -0.39 is 8.32 Å². The lowest BCUT2D eigenvalue weighted by atomic mass is 10.0. The van der Waals surface area contributed by atoms with Gasteiger partial charge in [0.05, 0.1) is 7.11 Å². The van der Waals surface area contributed by atoms with Gasteiger partial charge in [0, 0.05) is 24.8 Å². The van der Waals surface area contributed by atoms with Crippen molar-refractivity contribution in [2.75, 3.05) is 27.3 Å². The molecule has 0 spiro atoms. The molecule has 0 aromatic rings. The Morgan fingerprint density at radius 2 is 2.05 bits per heavy atom.